The molecular weight excluding hydrogens is 271 g/mol. The molecule has 104 valence electrons. The molecule has 0 atom stereocenters. The first-order chi connectivity index (χ1) is 10.1. The third-order valence-electron chi connectivity index (χ3n) is 3.39. The summed E-state index contributed by atoms with van der Waals surface area (Å²) in [6, 6.07) is 1.46. The number of anilines is 1. The van der Waals surface area contributed by atoms with Crippen LogP contribution in [0.4, 0.5) is 10.3 Å². The molecule has 3 N–H and O–H groups in total. The van der Waals surface area contributed by atoms with Gasteiger partial charge in [0.2, 0.25) is 5.95 Å². The molecule has 4 aromatic rings. The second kappa shape index (κ2) is 4.02. The Morgan fingerprint density at radius 1 is 1.29 bits per heavy atom. The van der Waals surface area contributed by atoms with Gasteiger partial charge in [0.05, 0.1) is 5.69 Å². The minimum Gasteiger partial charge on any atom is -0.368 e. The normalized spacial score (nSPS) is 11.5. The highest BCUT2D eigenvalue weighted by Crippen LogP contribution is 2.28. The quantitative estimate of drug-likeness (QED) is 0.561. The van der Waals surface area contributed by atoms with Crippen LogP contribution in [-0.2, 0) is 0 Å². The van der Waals surface area contributed by atoms with Gasteiger partial charge in [-0.25, -0.2) is 14.4 Å². The summed E-state index contributed by atoms with van der Waals surface area (Å²) in [6.07, 6.45) is 7.01. The fourth-order valence-electron chi connectivity index (χ4n) is 2.49. The molecule has 4 aromatic heterocycles. The van der Waals surface area contributed by atoms with E-state index in [1.165, 1.54) is 6.07 Å². The van der Waals surface area contributed by atoms with E-state index < -0.39 is 0 Å². The van der Waals surface area contributed by atoms with Crippen molar-refractivity contribution >= 4 is 22.6 Å². The Morgan fingerprint density at radius 2 is 2.14 bits per heavy atom. The SMILES string of the molecule is Cc1cn2cc(-c3c[nH]c4nc(N)ncc34)cc(F)c2n1. The van der Waals surface area contributed by atoms with Crippen molar-refractivity contribution in [1.82, 2.24) is 24.3 Å². The van der Waals surface area contributed by atoms with Gasteiger partial charge in [-0.05, 0) is 13.0 Å². The van der Waals surface area contributed by atoms with Crippen molar-refractivity contribution in [3.8, 4) is 11.1 Å². The molecule has 21 heavy (non-hydrogen) atoms. The van der Waals surface area contributed by atoms with Gasteiger partial charge in [0.25, 0.3) is 0 Å². The second-order valence-corrected chi connectivity index (χ2v) is 4.88. The summed E-state index contributed by atoms with van der Waals surface area (Å²) in [5, 5.41) is 0.791. The number of rotatable bonds is 1. The number of aryl methyl sites for hydroxylation is 1. The number of fused-ring (bicyclic) bond motifs is 2. The molecule has 6 nitrogen and oxygen atoms in total. The van der Waals surface area contributed by atoms with Crippen LogP contribution in [0.3, 0.4) is 0 Å². The zero-order chi connectivity index (χ0) is 14.6. The van der Waals surface area contributed by atoms with Gasteiger partial charge in [-0.2, -0.15) is 4.98 Å². The Morgan fingerprint density at radius 3 is 3.00 bits per heavy atom. The maximum Gasteiger partial charge on any atom is 0.221 e. The summed E-state index contributed by atoms with van der Waals surface area (Å²) in [5.74, 6) is -0.172. The third-order valence-corrected chi connectivity index (χ3v) is 3.39. The predicted molar refractivity (Wildman–Crippen MR) is 77.2 cm³/mol. The lowest BCUT2D eigenvalue weighted by Gasteiger charge is -2.02. The molecule has 0 saturated heterocycles. The molecule has 0 unspecified atom stereocenters. The van der Waals surface area contributed by atoms with Crippen molar-refractivity contribution in [3.63, 3.8) is 0 Å². The molecule has 7 heteroatoms. The van der Waals surface area contributed by atoms with E-state index in [0.717, 1.165) is 22.2 Å². The van der Waals surface area contributed by atoms with Crippen LogP contribution >= 0.6 is 0 Å². The van der Waals surface area contributed by atoms with Crippen molar-refractivity contribution in [2.24, 2.45) is 0 Å². The number of halogens is 1. The van der Waals surface area contributed by atoms with Crippen LogP contribution in [0.5, 0.6) is 0 Å². The second-order valence-electron chi connectivity index (χ2n) is 4.88. The number of hydrogen-bond donors (Lipinski definition) is 2. The highest BCUT2D eigenvalue weighted by molar-refractivity contribution is 5.93. The van der Waals surface area contributed by atoms with E-state index in [1.54, 1.807) is 23.0 Å². The topological polar surface area (TPSA) is 84.9 Å². The first-order valence-electron chi connectivity index (χ1n) is 6.36. The molecule has 4 rings (SSSR count). The highest BCUT2D eigenvalue weighted by atomic mass is 19.1. The van der Waals surface area contributed by atoms with E-state index in [2.05, 4.69) is 19.9 Å². The van der Waals surface area contributed by atoms with Crippen LogP contribution in [-0.4, -0.2) is 24.3 Å². The third kappa shape index (κ3) is 1.74. The maximum absolute atomic E-state index is 14.2. The van der Waals surface area contributed by atoms with Gasteiger partial charge >= 0.3 is 0 Å². The van der Waals surface area contributed by atoms with Crippen LogP contribution in [0.1, 0.15) is 5.69 Å². The standard InChI is InChI=1S/C14H11FN6/c1-7-5-21-6-8(2-11(15)13(21)19-7)9-3-17-12-10(9)4-18-14(16)20-12/h2-6H,1H3,(H3,16,17,18,20). The molecule has 0 radical (unpaired) electrons. The number of nitrogens with two attached hydrogens (primary N) is 1. The minimum absolute atomic E-state index is 0.197. The lowest BCUT2D eigenvalue weighted by molar-refractivity contribution is 0.630. The van der Waals surface area contributed by atoms with Crippen LogP contribution in [0, 0.1) is 12.7 Å². The first kappa shape index (κ1) is 11.8. The van der Waals surface area contributed by atoms with Gasteiger partial charge in [-0.15, -0.1) is 0 Å². The first-order valence-corrected chi connectivity index (χ1v) is 6.36. The smallest absolute Gasteiger partial charge is 0.221 e. The lowest BCUT2D eigenvalue weighted by atomic mass is 10.1. The molecule has 0 saturated carbocycles. The zero-order valence-electron chi connectivity index (χ0n) is 11.1. The Labute approximate surface area is 118 Å². The number of aromatic nitrogens is 5. The van der Waals surface area contributed by atoms with Gasteiger partial charge in [0.15, 0.2) is 11.5 Å². The Hall–Kier alpha value is -2.96. The fourth-order valence-corrected chi connectivity index (χ4v) is 2.49. The molecule has 0 aliphatic carbocycles. The Bertz CT molecular complexity index is 984. The molecular formula is C14H11FN6. The summed E-state index contributed by atoms with van der Waals surface area (Å²) in [6.45, 7) is 1.83. The molecule has 0 aliphatic heterocycles. The van der Waals surface area contributed by atoms with Crippen LogP contribution in [0.25, 0.3) is 27.8 Å². The molecule has 0 aliphatic rings. The summed E-state index contributed by atoms with van der Waals surface area (Å²) in [7, 11) is 0. The summed E-state index contributed by atoms with van der Waals surface area (Å²) in [4.78, 5) is 15.3. The van der Waals surface area contributed by atoms with E-state index in [-0.39, 0.29) is 11.8 Å². The summed E-state index contributed by atoms with van der Waals surface area (Å²) < 4.78 is 15.8. The highest BCUT2D eigenvalue weighted by Gasteiger charge is 2.12. The number of imidazole rings is 1. The van der Waals surface area contributed by atoms with Gasteiger partial charge in [-0.3, -0.25) is 0 Å². The summed E-state index contributed by atoms with van der Waals surface area (Å²) >= 11 is 0. The lowest BCUT2D eigenvalue weighted by Crippen LogP contribution is -1.93. The number of hydrogen-bond acceptors (Lipinski definition) is 4. The fraction of sp³-hybridized carbons (Fsp3) is 0.0714. The van der Waals surface area contributed by atoms with Crippen LogP contribution in [0.15, 0.2) is 30.9 Å². The van der Waals surface area contributed by atoms with Gasteiger partial charge < -0.3 is 15.1 Å². The van der Waals surface area contributed by atoms with Crippen molar-refractivity contribution in [2.45, 2.75) is 6.92 Å². The van der Waals surface area contributed by atoms with Gasteiger partial charge in [-0.1, -0.05) is 0 Å². The largest absolute Gasteiger partial charge is 0.368 e. The molecule has 0 fully saturated rings. The van der Waals surface area contributed by atoms with E-state index in [1.807, 2.05) is 13.1 Å². The average Bonchev–Trinajstić information content (AvgIpc) is 3.01. The molecule has 4 heterocycles. The molecule has 0 spiro atoms. The Kier molecular flexibility index (Phi) is 2.26. The van der Waals surface area contributed by atoms with E-state index >= 15 is 0 Å². The minimum atomic E-state index is -0.369. The van der Waals surface area contributed by atoms with Crippen molar-refractivity contribution in [3.05, 3.63) is 42.4 Å². The number of H-pyrrole nitrogens is 1. The zero-order valence-corrected chi connectivity index (χ0v) is 11.1. The predicted octanol–water partition coefficient (Wildman–Crippen LogP) is 2.30. The summed E-state index contributed by atoms with van der Waals surface area (Å²) in [5.41, 5.74) is 8.80. The van der Waals surface area contributed by atoms with Crippen molar-refractivity contribution in [1.29, 1.82) is 0 Å². The van der Waals surface area contributed by atoms with Gasteiger partial charge in [0, 0.05) is 41.3 Å². The van der Waals surface area contributed by atoms with Crippen molar-refractivity contribution < 1.29 is 4.39 Å². The monoisotopic (exact) mass is 282 g/mol. The van der Waals surface area contributed by atoms with E-state index in [9.17, 15) is 4.39 Å². The molecule has 0 bridgehead atoms. The number of nitrogens with zero attached hydrogens (tertiary/aromatic N) is 4. The Balaban J connectivity index is 1.99. The van der Waals surface area contributed by atoms with Crippen molar-refractivity contribution in [2.75, 3.05) is 5.73 Å². The van der Waals surface area contributed by atoms with Crippen LogP contribution < -0.4 is 5.73 Å². The van der Waals surface area contributed by atoms with Gasteiger partial charge in [0.1, 0.15) is 5.65 Å². The molecule has 0 amide bonds. The van der Waals surface area contributed by atoms with E-state index in [0.29, 0.717) is 11.3 Å². The number of nitrogen functional groups attached to an aromatic ring is 1. The van der Waals surface area contributed by atoms with Crippen LogP contribution in [0.2, 0.25) is 0 Å². The number of nitrogens with one attached hydrogen (secondary N) is 1. The number of pyridine rings is 1. The number of aromatic amines is 1. The average molecular weight is 282 g/mol. The van der Waals surface area contributed by atoms with E-state index in [4.69, 9.17) is 5.73 Å². The maximum atomic E-state index is 14.2. The molecule has 0 aromatic carbocycles.